The molecule has 1 fully saturated rings. The van der Waals surface area contributed by atoms with Gasteiger partial charge in [-0.25, -0.2) is 9.67 Å². The molecule has 0 unspecified atom stereocenters. The van der Waals surface area contributed by atoms with E-state index < -0.39 is 0 Å². The number of nitrogens with zero attached hydrogens (tertiary/aromatic N) is 6. The number of fused-ring (bicyclic) bond motifs is 1. The molecular weight excluding hydrogens is 526 g/mol. The van der Waals surface area contributed by atoms with Crippen LogP contribution in [0, 0.1) is 0 Å². The summed E-state index contributed by atoms with van der Waals surface area (Å²) in [5.41, 5.74) is 11.0. The van der Waals surface area contributed by atoms with Crippen molar-refractivity contribution >= 4 is 34.4 Å². The van der Waals surface area contributed by atoms with Crippen LogP contribution in [0.2, 0.25) is 5.02 Å². The van der Waals surface area contributed by atoms with E-state index in [9.17, 15) is 0 Å². The van der Waals surface area contributed by atoms with Gasteiger partial charge in [0.1, 0.15) is 17.3 Å². The van der Waals surface area contributed by atoms with Crippen LogP contribution in [0.4, 0.5) is 11.8 Å². The van der Waals surface area contributed by atoms with Crippen molar-refractivity contribution < 1.29 is 9.47 Å². The Balaban J connectivity index is 1.34. The number of piperazine rings is 1. The van der Waals surface area contributed by atoms with Gasteiger partial charge in [-0.05, 0) is 66.2 Å². The minimum absolute atomic E-state index is 0.477. The first-order valence-corrected chi connectivity index (χ1v) is 13.5. The molecule has 40 heavy (non-hydrogen) atoms. The Hall–Kier alpha value is -4.34. The summed E-state index contributed by atoms with van der Waals surface area (Å²) in [6, 6.07) is 23.4. The van der Waals surface area contributed by atoms with Gasteiger partial charge < -0.3 is 20.1 Å². The van der Waals surface area contributed by atoms with Crippen molar-refractivity contribution in [1.82, 2.24) is 24.6 Å². The minimum Gasteiger partial charge on any atom is -0.497 e. The zero-order chi connectivity index (χ0) is 27.6. The Kier molecular flexibility index (Phi) is 7.15. The second-order valence-electron chi connectivity index (χ2n) is 9.68. The average Bonchev–Trinajstić information content (AvgIpc) is 3.34. The second kappa shape index (κ2) is 11.0. The highest BCUT2D eigenvalue weighted by molar-refractivity contribution is 6.30. The maximum absolute atomic E-state index is 6.70. The summed E-state index contributed by atoms with van der Waals surface area (Å²) in [7, 11) is 3.29. The third kappa shape index (κ3) is 5.13. The van der Waals surface area contributed by atoms with E-state index >= 15 is 0 Å². The summed E-state index contributed by atoms with van der Waals surface area (Å²) in [6.07, 6.45) is 0. The standard InChI is InChI=1S/C30H30ClN7O2/c1-39-24-11-5-21(6-12-24)27-26-28(32)38(23-9-13-25(40-2)14-10-23)35-29(26)34-30(33-27)37-17-15-36(16-18-37)19-20-3-7-22(31)8-4-20/h3-14H,15-19,32H2,1-2H3. The largest absolute Gasteiger partial charge is 0.497 e. The van der Waals surface area contributed by atoms with Crippen molar-refractivity contribution in [2.75, 3.05) is 51.0 Å². The molecule has 0 bridgehead atoms. The Morgan fingerprint density at radius 3 is 2.05 bits per heavy atom. The molecule has 0 amide bonds. The van der Waals surface area contributed by atoms with Crippen LogP contribution in [0.5, 0.6) is 11.5 Å². The van der Waals surface area contributed by atoms with E-state index in [0.717, 1.165) is 66.2 Å². The fourth-order valence-corrected chi connectivity index (χ4v) is 5.10. The molecule has 204 valence electrons. The number of ether oxygens (including phenoxy) is 2. The normalized spacial score (nSPS) is 14.0. The third-order valence-corrected chi connectivity index (χ3v) is 7.46. The van der Waals surface area contributed by atoms with Crippen molar-refractivity contribution in [3.8, 4) is 28.4 Å². The van der Waals surface area contributed by atoms with Crippen molar-refractivity contribution in [1.29, 1.82) is 0 Å². The molecule has 3 aromatic carbocycles. The lowest BCUT2D eigenvalue weighted by atomic mass is 10.1. The van der Waals surface area contributed by atoms with Crippen molar-refractivity contribution in [3.05, 3.63) is 83.4 Å². The topological polar surface area (TPSA) is 94.6 Å². The van der Waals surface area contributed by atoms with Crippen molar-refractivity contribution in [2.24, 2.45) is 0 Å². The number of hydrogen-bond acceptors (Lipinski definition) is 8. The first kappa shape index (κ1) is 25.9. The number of hydrogen-bond donors (Lipinski definition) is 1. The van der Waals surface area contributed by atoms with Crippen LogP contribution in [0.25, 0.3) is 28.0 Å². The number of methoxy groups -OCH3 is 2. The van der Waals surface area contributed by atoms with Crippen molar-refractivity contribution in [2.45, 2.75) is 6.54 Å². The lowest BCUT2D eigenvalue weighted by Gasteiger charge is -2.34. The highest BCUT2D eigenvalue weighted by Crippen LogP contribution is 2.34. The van der Waals surface area contributed by atoms with E-state index in [4.69, 9.17) is 41.9 Å². The predicted octanol–water partition coefficient (Wildman–Crippen LogP) is 5.06. The van der Waals surface area contributed by atoms with Crippen LogP contribution in [0.15, 0.2) is 72.8 Å². The van der Waals surface area contributed by atoms with Gasteiger partial charge in [-0.1, -0.05) is 23.7 Å². The molecule has 6 rings (SSSR count). The summed E-state index contributed by atoms with van der Waals surface area (Å²) in [6.45, 7) is 4.27. The highest BCUT2D eigenvalue weighted by atomic mass is 35.5. The Labute approximate surface area is 237 Å². The average molecular weight is 556 g/mol. The molecule has 0 atom stereocenters. The minimum atomic E-state index is 0.477. The van der Waals surface area contributed by atoms with Crippen LogP contribution >= 0.6 is 11.6 Å². The predicted molar refractivity (Wildman–Crippen MR) is 159 cm³/mol. The monoisotopic (exact) mass is 555 g/mol. The zero-order valence-corrected chi connectivity index (χ0v) is 23.2. The number of nitrogen functional groups attached to an aromatic ring is 1. The van der Waals surface area contributed by atoms with E-state index in [1.807, 2.05) is 60.7 Å². The lowest BCUT2D eigenvalue weighted by Crippen LogP contribution is -2.46. The maximum Gasteiger partial charge on any atom is 0.228 e. The maximum atomic E-state index is 6.70. The molecule has 0 spiro atoms. The van der Waals surface area contributed by atoms with Gasteiger partial charge in [0.25, 0.3) is 0 Å². The van der Waals surface area contributed by atoms with Gasteiger partial charge in [0.15, 0.2) is 5.65 Å². The first-order valence-electron chi connectivity index (χ1n) is 13.1. The second-order valence-corrected chi connectivity index (χ2v) is 10.1. The van der Waals surface area contributed by atoms with Crippen LogP contribution in [0.1, 0.15) is 5.56 Å². The van der Waals surface area contributed by atoms with Gasteiger partial charge in [0.2, 0.25) is 5.95 Å². The van der Waals surface area contributed by atoms with Gasteiger partial charge in [0.05, 0.1) is 31.0 Å². The molecule has 0 saturated carbocycles. The molecule has 3 heterocycles. The van der Waals surface area contributed by atoms with E-state index in [1.54, 1.807) is 18.9 Å². The van der Waals surface area contributed by atoms with Crippen LogP contribution in [0.3, 0.4) is 0 Å². The van der Waals surface area contributed by atoms with Crippen LogP contribution < -0.4 is 20.1 Å². The number of nitrogens with two attached hydrogens (primary N) is 1. The Morgan fingerprint density at radius 2 is 1.43 bits per heavy atom. The van der Waals surface area contributed by atoms with E-state index in [2.05, 4.69) is 21.9 Å². The van der Waals surface area contributed by atoms with E-state index in [1.165, 1.54) is 5.56 Å². The summed E-state index contributed by atoms with van der Waals surface area (Å²) in [5.74, 6) is 2.65. The quantitative estimate of drug-likeness (QED) is 0.298. The number of rotatable bonds is 7. The van der Waals surface area contributed by atoms with E-state index in [-0.39, 0.29) is 0 Å². The third-order valence-electron chi connectivity index (χ3n) is 7.21. The fourth-order valence-electron chi connectivity index (χ4n) is 4.97. The van der Waals surface area contributed by atoms with Gasteiger partial charge >= 0.3 is 0 Å². The fraction of sp³-hybridized carbons (Fsp3) is 0.233. The van der Waals surface area contributed by atoms with E-state index in [0.29, 0.717) is 22.8 Å². The Morgan fingerprint density at radius 1 is 0.800 bits per heavy atom. The molecule has 5 aromatic rings. The number of anilines is 2. The molecule has 2 aromatic heterocycles. The zero-order valence-electron chi connectivity index (χ0n) is 22.4. The van der Waals surface area contributed by atoms with Crippen LogP contribution in [-0.2, 0) is 6.54 Å². The van der Waals surface area contributed by atoms with Gasteiger partial charge in [-0.3, -0.25) is 4.90 Å². The molecule has 0 radical (unpaired) electrons. The molecular formula is C30H30ClN7O2. The summed E-state index contributed by atoms with van der Waals surface area (Å²) in [5, 5.41) is 6.29. The smallest absolute Gasteiger partial charge is 0.228 e. The molecule has 1 aliphatic rings. The van der Waals surface area contributed by atoms with Gasteiger partial charge in [-0.2, -0.15) is 4.98 Å². The molecule has 1 saturated heterocycles. The molecule has 1 aliphatic heterocycles. The Bertz CT molecular complexity index is 1610. The first-order chi connectivity index (χ1) is 19.5. The number of benzene rings is 3. The van der Waals surface area contributed by atoms with Gasteiger partial charge in [0, 0.05) is 43.3 Å². The lowest BCUT2D eigenvalue weighted by molar-refractivity contribution is 0.249. The van der Waals surface area contributed by atoms with Crippen LogP contribution in [-0.4, -0.2) is 65.0 Å². The van der Waals surface area contributed by atoms with Gasteiger partial charge in [-0.15, -0.1) is 5.10 Å². The number of halogens is 1. The molecule has 2 N–H and O–H groups in total. The highest BCUT2D eigenvalue weighted by Gasteiger charge is 2.24. The summed E-state index contributed by atoms with van der Waals surface area (Å²) in [4.78, 5) is 14.6. The molecule has 9 nitrogen and oxygen atoms in total. The summed E-state index contributed by atoms with van der Waals surface area (Å²) < 4.78 is 12.4. The summed E-state index contributed by atoms with van der Waals surface area (Å²) >= 11 is 6.05. The molecule has 0 aliphatic carbocycles. The number of aromatic nitrogens is 4. The SMILES string of the molecule is COc1ccc(-c2nc(N3CCN(Cc4ccc(Cl)cc4)CC3)nc3nn(-c4ccc(OC)cc4)c(N)c23)cc1. The van der Waals surface area contributed by atoms with Crippen molar-refractivity contribution in [3.63, 3.8) is 0 Å². The molecule has 10 heteroatoms.